The summed E-state index contributed by atoms with van der Waals surface area (Å²) in [5, 5.41) is 11.3. The summed E-state index contributed by atoms with van der Waals surface area (Å²) in [7, 11) is 0. The number of para-hydroxylation sites is 1. The Morgan fingerprint density at radius 2 is 1.74 bits per heavy atom. The number of unbranched alkanes of at least 4 members (excludes halogenated alkanes) is 3. The molecule has 140 valence electrons. The maximum Gasteiger partial charge on any atom is 0.263 e. The monoisotopic (exact) mass is 362 g/mol. The van der Waals surface area contributed by atoms with Gasteiger partial charge in [0.05, 0.1) is 12.1 Å². The van der Waals surface area contributed by atoms with E-state index in [-0.39, 0.29) is 16.9 Å². The van der Waals surface area contributed by atoms with Gasteiger partial charge >= 0.3 is 0 Å². The fourth-order valence-electron chi connectivity index (χ4n) is 3.27. The second kappa shape index (κ2) is 9.17. The van der Waals surface area contributed by atoms with E-state index in [0.717, 1.165) is 36.8 Å². The Balaban J connectivity index is 1.95. The van der Waals surface area contributed by atoms with Crippen LogP contribution in [0.25, 0.3) is 10.9 Å². The third kappa shape index (κ3) is 4.45. The number of benzene rings is 2. The first-order valence-electron chi connectivity index (χ1n) is 9.60. The van der Waals surface area contributed by atoms with Crippen molar-refractivity contribution in [3.05, 3.63) is 76.1 Å². The van der Waals surface area contributed by atoms with Crippen LogP contribution in [-0.2, 0) is 13.1 Å². The highest BCUT2D eigenvalue weighted by molar-refractivity contribution is 5.95. The lowest BCUT2D eigenvalue weighted by Gasteiger charge is -2.13. The zero-order valence-corrected chi connectivity index (χ0v) is 15.8. The number of pyridine rings is 1. The van der Waals surface area contributed by atoms with Crippen molar-refractivity contribution in [1.82, 2.24) is 4.57 Å². The number of hydrogen-bond acceptors (Lipinski definition) is 3. The fraction of sp³-hybridized carbons (Fsp3) is 0.304. The molecule has 0 aliphatic rings. The Bertz CT molecular complexity index is 975. The minimum atomic E-state index is -0.181. The molecule has 0 spiro atoms. The third-order valence-electron chi connectivity index (χ3n) is 4.75. The molecule has 3 aromatic rings. The first kappa shape index (κ1) is 18.9. The molecule has 1 N–H and O–H groups in total. The van der Waals surface area contributed by atoms with Crippen molar-refractivity contribution in [2.24, 2.45) is 4.99 Å². The zero-order chi connectivity index (χ0) is 19.1. The second-order valence-electron chi connectivity index (χ2n) is 6.75. The van der Waals surface area contributed by atoms with E-state index in [1.807, 2.05) is 54.6 Å². The van der Waals surface area contributed by atoms with Gasteiger partial charge in [0.1, 0.15) is 11.3 Å². The van der Waals surface area contributed by atoms with Crippen molar-refractivity contribution < 1.29 is 5.11 Å². The van der Waals surface area contributed by atoms with Gasteiger partial charge in [0, 0.05) is 18.1 Å². The summed E-state index contributed by atoms with van der Waals surface area (Å²) in [5.41, 5.74) is 1.92. The van der Waals surface area contributed by atoms with Gasteiger partial charge < -0.3 is 9.67 Å². The molecule has 0 aliphatic heterocycles. The van der Waals surface area contributed by atoms with E-state index < -0.39 is 0 Å². The topological polar surface area (TPSA) is 54.6 Å². The van der Waals surface area contributed by atoms with Gasteiger partial charge in [-0.3, -0.25) is 9.79 Å². The van der Waals surface area contributed by atoms with Gasteiger partial charge in [-0.15, -0.1) is 0 Å². The maximum absolute atomic E-state index is 13.0. The average Bonchev–Trinajstić information content (AvgIpc) is 2.71. The SMILES string of the molecule is CCCCCCn1c(=O)c(C=NCc2ccccc2)c(O)c2ccccc21. The van der Waals surface area contributed by atoms with Gasteiger partial charge in [0.15, 0.2) is 0 Å². The van der Waals surface area contributed by atoms with Gasteiger partial charge in [-0.05, 0) is 24.1 Å². The normalized spacial score (nSPS) is 11.4. The van der Waals surface area contributed by atoms with E-state index in [2.05, 4.69) is 11.9 Å². The van der Waals surface area contributed by atoms with Crippen LogP contribution in [-0.4, -0.2) is 15.9 Å². The largest absolute Gasteiger partial charge is 0.506 e. The quantitative estimate of drug-likeness (QED) is 0.457. The number of hydrogen-bond donors (Lipinski definition) is 1. The molecule has 3 rings (SSSR count). The van der Waals surface area contributed by atoms with E-state index >= 15 is 0 Å². The van der Waals surface area contributed by atoms with Gasteiger partial charge in [0.2, 0.25) is 0 Å². The van der Waals surface area contributed by atoms with Crippen molar-refractivity contribution in [3.8, 4) is 5.75 Å². The van der Waals surface area contributed by atoms with Crippen molar-refractivity contribution in [2.45, 2.75) is 45.7 Å². The smallest absolute Gasteiger partial charge is 0.263 e. The van der Waals surface area contributed by atoms with E-state index in [0.29, 0.717) is 18.5 Å². The summed E-state index contributed by atoms with van der Waals surface area (Å²) in [5.74, 6) is 0.0113. The second-order valence-corrected chi connectivity index (χ2v) is 6.75. The van der Waals surface area contributed by atoms with Crippen LogP contribution in [0.4, 0.5) is 0 Å². The van der Waals surface area contributed by atoms with Gasteiger partial charge in [-0.2, -0.15) is 0 Å². The lowest BCUT2D eigenvalue weighted by atomic mass is 10.1. The standard InChI is InChI=1S/C23H26N2O2/c1-2-3-4-10-15-25-21-14-9-8-13-19(21)22(26)20(23(25)27)17-24-16-18-11-6-5-7-12-18/h5-9,11-14,17,26H,2-4,10,15-16H2,1H3. The van der Waals surface area contributed by atoms with Gasteiger partial charge in [-0.25, -0.2) is 0 Å². The number of nitrogens with zero attached hydrogens (tertiary/aromatic N) is 2. The highest BCUT2D eigenvalue weighted by atomic mass is 16.3. The van der Waals surface area contributed by atoms with Crippen LogP contribution in [0.1, 0.15) is 43.7 Å². The lowest BCUT2D eigenvalue weighted by molar-refractivity contribution is 0.476. The molecule has 27 heavy (non-hydrogen) atoms. The molecule has 2 aromatic carbocycles. The molecule has 1 aromatic heterocycles. The molecule has 0 bridgehead atoms. The zero-order valence-electron chi connectivity index (χ0n) is 15.8. The Hall–Kier alpha value is -2.88. The number of aromatic nitrogens is 1. The van der Waals surface area contributed by atoms with E-state index in [1.54, 1.807) is 4.57 Å². The number of aryl methyl sites for hydroxylation is 1. The molecule has 4 heteroatoms. The number of aliphatic imine (C=N–C) groups is 1. The molecule has 0 saturated carbocycles. The number of fused-ring (bicyclic) bond motifs is 1. The highest BCUT2D eigenvalue weighted by Crippen LogP contribution is 2.25. The van der Waals surface area contributed by atoms with Crippen LogP contribution in [0.15, 0.2) is 64.4 Å². The first-order valence-corrected chi connectivity index (χ1v) is 9.60. The highest BCUT2D eigenvalue weighted by Gasteiger charge is 2.14. The average molecular weight is 362 g/mol. The Kier molecular flexibility index (Phi) is 6.42. The number of aromatic hydroxyl groups is 1. The van der Waals surface area contributed by atoms with E-state index in [9.17, 15) is 9.90 Å². The predicted octanol–water partition coefficient (Wildman–Crippen LogP) is 4.91. The summed E-state index contributed by atoms with van der Waals surface area (Å²) < 4.78 is 1.77. The minimum absolute atomic E-state index is 0.0113. The molecule has 4 nitrogen and oxygen atoms in total. The van der Waals surface area contributed by atoms with Crippen molar-refractivity contribution in [3.63, 3.8) is 0 Å². The summed E-state index contributed by atoms with van der Waals surface area (Å²) in [6.07, 6.45) is 5.87. The van der Waals surface area contributed by atoms with Gasteiger partial charge in [-0.1, -0.05) is 68.7 Å². The Morgan fingerprint density at radius 1 is 1.00 bits per heavy atom. The Morgan fingerprint density at radius 3 is 2.52 bits per heavy atom. The fourth-order valence-corrected chi connectivity index (χ4v) is 3.27. The lowest BCUT2D eigenvalue weighted by Crippen LogP contribution is -2.24. The van der Waals surface area contributed by atoms with E-state index in [4.69, 9.17) is 0 Å². The van der Waals surface area contributed by atoms with Crippen molar-refractivity contribution in [1.29, 1.82) is 0 Å². The van der Waals surface area contributed by atoms with Crippen LogP contribution >= 0.6 is 0 Å². The molecule has 0 radical (unpaired) electrons. The summed E-state index contributed by atoms with van der Waals surface area (Å²) in [6.45, 7) is 3.30. The van der Waals surface area contributed by atoms with Crippen molar-refractivity contribution >= 4 is 17.1 Å². The van der Waals surface area contributed by atoms with Crippen molar-refractivity contribution in [2.75, 3.05) is 0 Å². The maximum atomic E-state index is 13.0. The summed E-state index contributed by atoms with van der Waals surface area (Å²) in [4.78, 5) is 17.4. The van der Waals surface area contributed by atoms with Crippen LogP contribution in [0.5, 0.6) is 5.75 Å². The molecular weight excluding hydrogens is 336 g/mol. The molecule has 0 amide bonds. The summed E-state index contributed by atoms with van der Waals surface area (Å²) >= 11 is 0. The van der Waals surface area contributed by atoms with Crippen LogP contribution in [0.2, 0.25) is 0 Å². The third-order valence-corrected chi connectivity index (χ3v) is 4.75. The molecule has 0 unspecified atom stereocenters. The minimum Gasteiger partial charge on any atom is -0.506 e. The first-order chi connectivity index (χ1) is 13.2. The molecule has 0 atom stereocenters. The molecule has 0 fully saturated rings. The molecule has 0 saturated heterocycles. The van der Waals surface area contributed by atoms with Crippen LogP contribution in [0.3, 0.4) is 0 Å². The Labute approximate surface area is 159 Å². The van der Waals surface area contributed by atoms with Crippen LogP contribution in [0, 0.1) is 0 Å². The molecular formula is C23H26N2O2. The van der Waals surface area contributed by atoms with E-state index in [1.165, 1.54) is 6.21 Å². The van der Waals surface area contributed by atoms with Gasteiger partial charge in [0.25, 0.3) is 5.56 Å². The predicted molar refractivity (Wildman–Crippen MR) is 112 cm³/mol. The molecule has 0 aliphatic carbocycles. The number of rotatable bonds is 8. The summed E-state index contributed by atoms with van der Waals surface area (Å²) in [6, 6.07) is 17.4. The van der Waals surface area contributed by atoms with Crippen LogP contribution < -0.4 is 5.56 Å². The molecule has 1 heterocycles.